The van der Waals surface area contributed by atoms with E-state index in [0.29, 0.717) is 0 Å². The van der Waals surface area contributed by atoms with Gasteiger partial charge in [-0.2, -0.15) is 0 Å². The van der Waals surface area contributed by atoms with Gasteiger partial charge in [-0.25, -0.2) is 0 Å². The minimum Gasteiger partial charge on any atom is -0.393 e. The zero-order valence-electron chi connectivity index (χ0n) is 18.1. The Labute approximate surface area is 168 Å². The second kappa shape index (κ2) is 32.0. The average Bonchev–Trinajstić information content (AvgIpc) is 2.39. The number of hydrogen-bond donors (Lipinski definition) is 4. The maximum atomic E-state index is 8.55. The van der Waals surface area contributed by atoms with Crippen LogP contribution in [0.5, 0.6) is 0 Å². The summed E-state index contributed by atoms with van der Waals surface area (Å²) in [7, 11) is 0. The molecule has 0 fully saturated rings. The minimum absolute atomic E-state index is 0. The first kappa shape index (κ1) is 36.3. The quantitative estimate of drug-likeness (QED) is 0.438. The van der Waals surface area contributed by atoms with E-state index >= 15 is 0 Å². The molecule has 162 valence electrons. The molecule has 25 heavy (non-hydrogen) atoms. The first-order valence-corrected chi connectivity index (χ1v) is 9.80. The monoisotopic (exact) mass is 410 g/mol. The van der Waals surface area contributed by atoms with Crippen molar-refractivity contribution in [2.45, 2.75) is 131 Å². The number of hydrogen-bond acceptors (Lipinski definition) is 4. The van der Waals surface area contributed by atoms with E-state index in [-0.39, 0.29) is 40.9 Å². The smallest absolute Gasteiger partial charge is 0.0512 e. The standard InChI is InChI=1S/4C5H12O.Ni/c4*1-3-4-5(2)6;/h4*5-6H,3-4H2,1-2H3;. The van der Waals surface area contributed by atoms with Crippen LogP contribution < -0.4 is 0 Å². The first-order valence-electron chi connectivity index (χ1n) is 9.80. The predicted molar refractivity (Wildman–Crippen MR) is 106 cm³/mol. The Morgan fingerprint density at radius 1 is 0.440 bits per heavy atom. The number of aliphatic hydroxyl groups excluding tert-OH is 4. The minimum atomic E-state index is -0.102. The predicted octanol–water partition coefficient (Wildman–Crippen LogP) is 4.67. The van der Waals surface area contributed by atoms with Gasteiger partial charge in [0.25, 0.3) is 0 Å². The van der Waals surface area contributed by atoms with Crippen LogP contribution in [0, 0.1) is 0 Å². The van der Waals surface area contributed by atoms with Crippen LogP contribution in [0.3, 0.4) is 0 Å². The molecule has 0 saturated carbocycles. The molecule has 4 atom stereocenters. The van der Waals surface area contributed by atoms with E-state index in [1.165, 1.54) is 0 Å². The van der Waals surface area contributed by atoms with Gasteiger partial charge in [-0.05, 0) is 53.4 Å². The second-order valence-electron chi connectivity index (χ2n) is 6.55. The van der Waals surface area contributed by atoms with Crippen molar-refractivity contribution < 1.29 is 36.9 Å². The van der Waals surface area contributed by atoms with Crippen molar-refractivity contribution >= 4 is 0 Å². The van der Waals surface area contributed by atoms with Crippen LogP contribution in [-0.4, -0.2) is 44.8 Å². The fraction of sp³-hybridized carbons (Fsp3) is 1.00. The molecule has 4 unspecified atom stereocenters. The molecule has 0 aliphatic rings. The van der Waals surface area contributed by atoms with Crippen molar-refractivity contribution in [1.29, 1.82) is 0 Å². The van der Waals surface area contributed by atoms with Gasteiger partial charge in [0.15, 0.2) is 0 Å². The van der Waals surface area contributed by atoms with Crippen LogP contribution in [0.4, 0.5) is 0 Å². The molecule has 4 nitrogen and oxygen atoms in total. The molecule has 0 aromatic carbocycles. The van der Waals surface area contributed by atoms with E-state index < -0.39 is 0 Å². The van der Waals surface area contributed by atoms with Gasteiger partial charge < -0.3 is 20.4 Å². The van der Waals surface area contributed by atoms with E-state index in [0.717, 1.165) is 51.4 Å². The van der Waals surface area contributed by atoms with Crippen LogP contribution in [0.25, 0.3) is 0 Å². The number of rotatable bonds is 8. The van der Waals surface area contributed by atoms with Crippen molar-refractivity contribution in [1.82, 2.24) is 0 Å². The fourth-order valence-corrected chi connectivity index (χ4v) is 1.67. The Balaban J connectivity index is -0.0000000702. The van der Waals surface area contributed by atoms with E-state index in [2.05, 4.69) is 27.7 Å². The summed E-state index contributed by atoms with van der Waals surface area (Å²) in [5.41, 5.74) is 0. The van der Waals surface area contributed by atoms with Gasteiger partial charge in [0.2, 0.25) is 0 Å². The summed E-state index contributed by atoms with van der Waals surface area (Å²) in [6.07, 6.45) is 7.64. The molecular formula is C20H48NiO4. The van der Waals surface area contributed by atoms with Crippen molar-refractivity contribution in [3.63, 3.8) is 0 Å². The molecule has 0 aliphatic heterocycles. The van der Waals surface area contributed by atoms with E-state index in [1.54, 1.807) is 0 Å². The van der Waals surface area contributed by atoms with Gasteiger partial charge in [-0.1, -0.05) is 53.4 Å². The number of aliphatic hydroxyl groups is 4. The molecular weight excluding hydrogens is 363 g/mol. The van der Waals surface area contributed by atoms with E-state index in [4.69, 9.17) is 20.4 Å². The average molecular weight is 411 g/mol. The van der Waals surface area contributed by atoms with Gasteiger partial charge in [0, 0.05) is 16.5 Å². The summed E-state index contributed by atoms with van der Waals surface area (Å²) in [5.74, 6) is 0. The zero-order chi connectivity index (χ0) is 20.0. The molecule has 0 saturated heterocycles. The molecule has 0 spiro atoms. The maximum Gasteiger partial charge on any atom is 0.0512 e. The molecule has 0 amide bonds. The van der Waals surface area contributed by atoms with Crippen LogP contribution in [0.2, 0.25) is 0 Å². The topological polar surface area (TPSA) is 80.9 Å². The van der Waals surface area contributed by atoms with Crippen molar-refractivity contribution in [2.24, 2.45) is 0 Å². The fourth-order valence-electron chi connectivity index (χ4n) is 1.67. The summed E-state index contributed by atoms with van der Waals surface area (Å²) in [5, 5.41) is 34.2. The SMILES string of the molecule is CCCC(C)O.CCCC(C)O.CCCC(C)O.CCCC(C)O.[Ni]. The van der Waals surface area contributed by atoms with Crippen molar-refractivity contribution in [3.8, 4) is 0 Å². The van der Waals surface area contributed by atoms with E-state index in [9.17, 15) is 0 Å². The normalized spacial score (nSPS) is 13.9. The summed E-state index contributed by atoms with van der Waals surface area (Å²) >= 11 is 0. The Morgan fingerprint density at radius 3 is 0.560 bits per heavy atom. The molecule has 5 heteroatoms. The van der Waals surface area contributed by atoms with E-state index in [1.807, 2.05) is 27.7 Å². The van der Waals surface area contributed by atoms with Gasteiger partial charge in [0.1, 0.15) is 0 Å². The molecule has 0 aliphatic carbocycles. The van der Waals surface area contributed by atoms with Gasteiger partial charge in [-0.15, -0.1) is 0 Å². The third-order valence-corrected chi connectivity index (χ3v) is 2.83. The Morgan fingerprint density at radius 2 is 0.560 bits per heavy atom. The summed E-state index contributed by atoms with van der Waals surface area (Å²) in [6.45, 7) is 15.5. The Kier molecular flexibility index (Phi) is 46.5. The third-order valence-electron chi connectivity index (χ3n) is 2.83. The Hall–Kier alpha value is 0.334. The summed E-state index contributed by atoms with van der Waals surface area (Å²) < 4.78 is 0. The van der Waals surface area contributed by atoms with Crippen LogP contribution in [0.1, 0.15) is 107 Å². The Bertz CT molecular complexity index is 147. The van der Waals surface area contributed by atoms with Crippen LogP contribution >= 0.6 is 0 Å². The molecule has 0 heterocycles. The molecule has 0 aromatic rings. The van der Waals surface area contributed by atoms with Gasteiger partial charge in [-0.3, -0.25) is 0 Å². The summed E-state index contributed by atoms with van der Waals surface area (Å²) in [6, 6.07) is 0. The molecule has 0 radical (unpaired) electrons. The molecule has 4 N–H and O–H groups in total. The van der Waals surface area contributed by atoms with Gasteiger partial charge >= 0.3 is 0 Å². The maximum absolute atomic E-state index is 8.55. The van der Waals surface area contributed by atoms with Crippen LogP contribution in [0.15, 0.2) is 0 Å². The molecule has 0 rings (SSSR count). The zero-order valence-corrected chi connectivity index (χ0v) is 19.1. The van der Waals surface area contributed by atoms with Crippen molar-refractivity contribution in [3.05, 3.63) is 0 Å². The first-order chi connectivity index (χ1) is 11.1. The largest absolute Gasteiger partial charge is 0.393 e. The van der Waals surface area contributed by atoms with Crippen LogP contribution in [-0.2, 0) is 16.5 Å². The second-order valence-corrected chi connectivity index (χ2v) is 6.55. The third kappa shape index (κ3) is 79.8. The van der Waals surface area contributed by atoms with Gasteiger partial charge in [0.05, 0.1) is 24.4 Å². The molecule has 0 aromatic heterocycles. The summed E-state index contributed by atoms with van der Waals surface area (Å²) in [4.78, 5) is 0. The van der Waals surface area contributed by atoms with Crippen molar-refractivity contribution in [2.75, 3.05) is 0 Å². The molecule has 0 bridgehead atoms.